The summed E-state index contributed by atoms with van der Waals surface area (Å²) in [5.41, 5.74) is 0.541. The van der Waals surface area contributed by atoms with E-state index in [1.165, 1.54) is 10.8 Å². The van der Waals surface area contributed by atoms with E-state index in [9.17, 15) is 13.2 Å². The zero-order valence-electron chi connectivity index (χ0n) is 17.7. The number of benzene rings is 1. The van der Waals surface area contributed by atoms with Gasteiger partial charge in [0.15, 0.2) is 29.1 Å². The van der Waals surface area contributed by atoms with Gasteiger partial charge in [-0.25, -0.2) is 23.1 Å². The largest absolute Gasteiger partial charge is 0.342 e. The second-order valence-electron chi connectivity index (χ2n) is 8.27. The Morgan fingerprint density at radius 3 is 2.67 bits per heavy atom. The summed E-state index contributed by atoms with van der Waals surface area (Å²) >= 11 is 0. The van der Waals surface area contributed by atoms with E-state index in [-0.39, 0.29) is 16.9 Å². The zero-order valence-corrected chi connectivity index (χ0v) is 17.7. The number of fused-ring (bicyclic) bond motifs is 6. The van der Waals surface area contributed by atoms with Crippen LogP contribution in [0.5, 0.6) is 0 Å². The zero-order chi connectivity index (χ0) is 22.7. The van der Waals surface area contributed by atoms with Crippen LogP contribution in [0, 0.1) is 17.5 Å². The normalized spacial score (nSPS) is 19.2. The van der Waals surface area contributed by atoms with E-state index in [2.05, 4.69) is 32.0 Å². The van der Waals surface area contributed by atoms with E-state index in [1.807, 2.05) is 4.57 Å². The molecule has 1 fully saturated rings. The highest BCUT2D eigenvalue weighted by Crippen LogP contribution is 2.47. The first-order chi connectivity index (χ1) is 16.0. The van der Waals surface area contributed by atoms with Crippen molar-refractivity contribution in [3.63, 3.8) is 0 Å². The quantitative estimate of drug-likeness (QED) is 0.439. The number of halogens is 3. The Balaban J connectivity index is 1.52. The Morgan fingerprint density at radius 1 is 1.06 bits per heavy atom. The Bertz CT molecular complexity index is 1360. The molecule has 1 atom stereocenters. The topological polar surface area (TPSA) is 77.5 Å². The number of nitrogens with zero attached hydrogens (tertiary/aromatic N) is 8. The van der Waals surface area contributed by atoms with Gasteiger partial charge in [0.25, 0.3) is 0 Å². The standard InChI is InChI=1S/C22H19F3N8/c1-2-22-5-3-4-7-33(22)19-16(32-12-28-30-20(22)32)11-27-21(29-19)31-8-6-26-18(31)13-9-14(23)17(25)15(24)10-13/h6,8-12H,2-5,7H2,1H3/t22-/m0/s1. The van der Waals surface area contributed by atoms with Crippen molar-refractivity contribution in [3.8, 4) is 23.0 Å². The minimum atomic E-state index is -1.52. The van der Waals surface area contributed by atoms with E-state index in [0.29, 0.717) is 5.95 Å². The lowest BCUT2D eigenvalue weighted by molar-refractivity contribution is 0.274. The molecule has 4 aromatic rings. The van der Waals surface area contributed by atoms with Crippen molar-refractivity contribution in [1.29, 1.82) is 0 Å². The second kappa shape index (κ2) is 7.12. The molecule has 0 spiro atoms. The fourth-order valence-electron chi connectivity index (χ4n) is 5.04. The van der Waals surface area contributed by atoms with E-state index < -0.39 is 17.5 Å². The minimum absolute atomic E-state index is 0.0831. The first-order valence-corrected chi connectivity index (χ1v) is 10.8. The lowest BCUT2D eigenvalue weighted by Crippen LogP contribution is -2.53. The number of anilines is 1. The SMILES string of the molecule is CC[C@@]12CCCCN1c1nc(-n3ccnc3-c3cc(F)c(F)c(F)c3)ncc1-n1cnnc12. The summed E-state index contributed by atoms with van der Waals surface area (Å²) in [5, 5.41) is 8.58. The molecule has 0 bridgehead atoms. The van der Waals surface area contributed by atoms with E-state index in [0.717, 1.165) is 61.7 Å². The molecule has 5 heterocycles. The van der Waals surface area contributed by atoms with E-state index in [4.69, 9.17) is 4.98 Å². The van der Waals surface area contributed by atoms with Crippen molar-refractivity contribution in [3.05, 3.63) is 60.3 Å². The summed E-state index contributed by atoms with van der Waals surface area (Å²) in [5.74, 6) is -1.97. The average molecular weight is 452 g/mol. The van der Waals surface area contributed by atoms with Gasteiger partial charge >= 0.3 is 0 Å². The predicted octanol–water partition coefficient (Wildman–Crippen LogP) is 3.94. The van der Waals surface area contributed by atoms with Crippen LogP contribution < -0.4 is 4.90 Å². The van der Waals surface area contributed by atoms with Crippen LogP contribution in [0.3, 0.4) is 0 Å². The molecule has 3 aromatic heterocycles. The summed E-state index contributed by atoms with van der Waals surface area (Å²) < 4.78 is 44.7. The third kappa shape index (κ3) is 2.74. The molecule has 8 nitrogen and oxygen atoms in total. The second-order valence-corrected chi connectivity index (χ2v) is 8.27. The maximum Gasteiger partial charge on any atom is 0.237 e. The number of hydrogen-bond donors (Lipinski definition) is 0. The fraction of sp³-hybridized carbons (Fsp3) is 0.318. The van der Waals surface area contributed by atoms with Crippen molar-refractivity contribution in [2.75, 3.05) is 11.4 Å². The van der Waals surface area contributed by atoms with Crippen LogP contribution in [-0.4, -0.2) is 40.8 Å². The van der Waals surface area contributed by atoms with Gasteiger partial charge in [-0.2, -0.15) is 4.98 Å². The third-order valence-corrected chi connectivity index (χ3v) is 6.64. The third-order valence-electron chi connectivity index (χ3n) is 6.64. The molecular formula is C22H19F3N8. The van der Waals surface area contributed by atoms with Crippen LogP contribution >= 0.6 is 0 Å². The highest BCUT2D eigenvalue weighted by atomic mass is 19.2. The molecule has 1 aromatic carbocycles. The monoisotopic (exact) mass is 452 g/mol. The number of aromatic nitrogens is 7. The number of hydrogen-bond acceptors (Lipinski definition) is 6. The van der Waals surface area contributed by atoms with Gasteiger partial charge in [-0.3, -0.25) is 9.13 Å². The molecule has 0 radical (unpaired) electrons. The van der Waals surface area contributed by atoms with Gasteiger partial charge in [0.05, 0.1) is 6.20 Å². The fourth-order valence-corrected chi connectivity index (χ4v) is 5.04. The molecule has 168 valence electrons. The molecule has 33 heavy (non-hydrogen) atoms. The average Bonchev–Trinajstić information content (AvgIpc) is 3.52. The lowest BCUT2D eigenvalue weighted by Gasteiger charge is -2.49. The van der Waals surface area contributed by atoms with Crippen LogP contribution in [0.15, 0.2) is 37.1 Å². The summed E-state index contributed by atoms with van der Waals surface area (Å²) in [7, 11) is 0. The van der Waals surface area contributed by atoms with E-state index >= 15 is 0 Å². The Labute approximate surface area is 186 Å². The lowest BCUT2D eigenvalue weighted by atomic mass is 9.82. The molecule has 2 aliphatic heterocycles. The van der Waals surface area contributed by atoms with Gasteiger partial charge in [-0.05, 0) is 37.8 Å². The smallest absolute Gasteiger partial charge is 0.237 e. The Morgan fingerprint density at radius 2 is 1.88 bits per heavy atom. The maximum atomic E-state index is 13.9. The number of imidazole rings is 1. The first kappa shape index (κ1) is 19.9. The highest BCUT2D eigenvalue weighted by Gasteiger charge is 2.48. The van der Waals surface area contributed by atoms with Gasteiger partial charge in [0, 0.05) is 24.5 Å². The van der Waals surface area contributed by atoms with Crippen molar-refractivity contribution in [1.82, 2.24) is 34.3 Å². The molecule has 1 saturated heterocycles. The Hall–Kier alpha value is -3.76. The summed E-state index contributed by atoms with van der Waals surface area (Å²) in [6.07, 6.45) is 10.3. The molecule has 6 rings (SSSR count). The molecule has 0 N–H and O–H groups in total. The van der Waals surface area contributed by atoms with Crippen molar-refractivity contribution < 1.29 is 13.2 Å². The van der Waals surface area contributed by atoms with Crippen LogP contribution in [0.2, 0.25) is 0 Å². The highest BCUT2D eigenvalue weighted by molar-refractivity contribution is 5.65. The summed E-state index contributed by atoms with van der Waals surface area (Å²) in [6, 6.07) is 1.82. The van der Waals surface area contributed by atoms with Crippen LogP contribution in [-0.2, 0) is 5.54 Å². The summed E-state index contributed by atoms with van der Waals surface area (Å²) in [6.45, 7) is 2.95. The van der Waals surface area contributed by atoms with Gasteiger partial charge < -0.3 is 4.90 Å². The molecule has 2 aliphatic rings. The molecule has 11 heteroatoms. The molecule has 0 aliphatic carbocycles. The van der Waals surface area contributed by atoms with E-state index in [1.54, 1.807) is 18.7 Å². The minimum Gasteiger partial charge on any atom is -0.342 e. The molecule has 0 unspecified atom stereocenters. The van der Waals surface area contributed by atoms with Crippen LogP contribution in [0.1, 0.15) is 38.4 Å². The van der Waals surface area contributed by atoms with Crippen molar-refractivity contribution >= 4 is 5.82 Å². The van der Waals surface area contributed by atoms with Gasteiger partial charge in [-0.15, -0.1) is 10.2 Å². The van der Waals surface area contributed by atoms with Crippen molar-refractivity contribution in [2.45, 2.75) is 38.1 Å². The van der Waals surface area contributed by atoms with Crippen molar-refractivity contribution in [2.24, 2.45) is 0 Å². The van der Waals surface area contributed by atoms with Gasteiger partial charge in [0.1, 0.15) is 23.4 Å². The molecule has 0 amide bonds. The maximum absolute atomic E-state index is 13.9. The predicted molar refractivity (Wildman–Crippen MR) is 113 cm³/mol. The summed E-state index contributed by atoms with van der Waals surface area (Å²) in [4.78, 5) is 15.8. The van der Waals surface area contributed by atoms with Crippen LogP contribution in [0.25, 0.3) is 23.0 Å². The molecule has 0 saturated carbocycles. The Kier molecular flexibility index (Phi) is 4.29. The first-order valence-electron chi connectivity index (χ1n) is 10.8. The van der Waals surface area contributed by atoms with Gasteiger partial charge in [0.2, 0.25) is 5.95 Å². The molecular weight excluding hydrogens is 433 g/mol. The van der Waals surface area contributed by atoms with Crippen LogP contribution in [0.4, 0.5) is 19.0 Å². The number of rotatable bonds is 3. The van der Waals surface area contributed by atoms with Gasteiger partial charge in [-0.1, -0.05) is 6.92 Å². The number of piperidine rings is 1.